The Bertz CT molecular complexity index is 773. The Hall–Kier alpha value is -3.08. The molecular weight excluding hydrogens is 314 g/mol. The molecule has 0 N–H and O–H groups in total. The van der Waals surface area contributed by atoms with Crippen LogP contribution >= 0.6 is 0 Å². The van der Waals surface area contributed by atoms with Crippen molar-refractivity contribution in [1.29, 1.82) is 0 Å². The molecule has 0 amide bonds. The van der Waals surface area contributed by atoms with Crippen LogP contribution in [0.2, 0.25) is 0 Å². The molecule has 0 aliphatic rings. The van der Waals surface area contributed by atoms with E-state index < -0.39 is 6.04 Å². The minimum absolute atomic E-state index is 0.282. The number of methoxy groups -OCH3 is 1. The third-order valence-electron chi connectivity index (χ3n) is 4.04. The summed E-state index contributed by atoms with van der Waals surface area (Å²) in [6, 6.07) is 19.1. The number of carbonyl (C=O) groups excluding carboxylic acids is 1. The lowest BCUT2D eigenvalue weighted by Crippen LogP contribution is -2.44. The Morgan fingerprint density at radius 3 is 2.44 bits per heavy atom. The van der Waals surface area contributed by atoms with Crippen LogP contribution in [-0.2, 0) is 22.6 Å². The fraction of sp³-hybridized carbons (Fsp3) is 0.200. The lowest BCUT2D eigenvalue weighted by atomic mass is 10.1. The lowest BCUT2D eigenvalue weighted by Gasteiger charge is -2.31. The van der Waals surface area contributed by atoms with E-state index >= 15 is 0 Å². The lowest BCUT2D eigenvalue weighted by molar-refractivity contribution is -0.142. The van der Waals surface area contributed by atoms with Crippen molar-refractivity contribution in [3.8, 4) is 0 Å². The minimum atomic E-state index is -0.479. The number of esters is 1. The van der Waals surface area contributed by atoms with Crippen LogP contribution in [0.4, 0.5) is 5.82 Å². The number of hydrogen-bond acceptors (Lipinski definition) is 4. The van der Waals surface area contributed by atoms with Gasteiger partial charge in [0.05, 0.1) is 13.7 Å². The molecule has 0 radical (unpaired) electrons. The van der Waals surface area contributed by atoms with Crippen molar-refractivity contribution in [2.45, 2.75) is 19.1 Å². The molecule has 0 saturated heterocycles. The first-order valence-corrected chi connectivity index (χ1v) is 8.18. The third-order valence-corrected chi connectivity index (χ3v) is 4.04. The van der Waals surface area contributed by atoms with Gasteiger partial charge in [0.1, 0.15) is 11.9 Å². The van der Waals surface area contributed by atoms with Crippen LogP contribution in [0.15, 0.2) is 79.3 Å². The molecule has 0 aliphatic carbocycles. The van der Waals surface area contributed by atoms with Gasteiger partial charge in [0.2, 0.25) is 0 Å². The summed E-state index contributed by atoms with van der Waals surface area (Å²) in [5, 5.41) is 0. The summed E-state index contributed by atoms with van der Waals surface area (Å²) in [5.74, 6) is 0.462. The summed E-state index contributed by atoms with van der Waals surface area (Å²) < 4.78 is 7.05. The van der Waals surface area contributed by atoms with Gasteiger partial charge in [-0.3, -0.25) is 0 Å². The molecule has 5 heteroatoms. The molecule has 5 nitrogen and oxygen atoms in total. The summed E-state index contributed by atoms with van der Waals surface area (Å²) >= 11 is 0. The van der Waals surface area contributed by atoms with Crippen LogP contribution < -0.4 is 4.90 Å². The van der Waals surface area contributed by atoms with Crippen LogP contribution in [0.3, 0.4) is 0 Å². The molecule has 1 aromatic carbocycles. The van der Waals surface area contributed by atoms with E-state index in [1.54, 1.807) is 6.20 Å². The van der Waals surface area contributed by atoms with Gasteiger partial charge in [0.25, 0.3) is 0 Å². The van der Waals surface area contributed by atoms with Crippen LogP contribution in [0.5, 0.6) is 0 Å². The fourth-order valence-electron chi connectivity index (χ4n) is 2.78. The smallest absolute Gasteiger partial charge is 0.330 e. The maximum absolute atomic E-state index is 12.5. The molecule has 2 aromatic heterocycles. The number of carbonyl (C=O) groups is 1. The zero-order valence-electron chi connectivity index (χ0n) is 14.2. The largest absolute Gasteiger partial charge is 0.467 e. The SMILES string of the molecule is COC(=O)C(Cn1cccc1)N(Cc1ccccc1)c1ccccn1. The van der Waals surface area contributed by atoms with E-state index in [-0.39, 0.29) is 5.97 Å². The second kappa shape index (κ2) is 8.15. The predicted octanol–water partition coefficient (Wildman–Crippen LogP) is 3.13. The number of benzene rings is 1. The second-order valence-corrected chi connectivity index (χ2v) is 5.72. The normalized spacial score (nSPS) is 11.7. The molecule has 0 fully saturated rings. The van der Waals surface area contributed by atoms with E-state index in [9.17, 15) is 4.79 Å². The van der Waals surface area contributed by atoms with Gasteiger partial charge < -0.3 is 14.2 Å². The number of nitrogens with zero attached hydrogens (tertiary/aromatic N) is 3. The van der Waals surface area contributed by atoms with E-state index in [4.69, 9.17) is 4.74 Å². The Labute approximate surface area is 147 Å². The van der Waals surface area contributed by atoms with Crippen molar-refractivity contribution in [2.75, 3.05) is 12.0 Å². The molecule has 0 aliphatic heterocycles. The van der Waals surface area contributed by atoms with Gasteiger partial charge in [-0.1, -0.05) is 36.4 Å². The predicted molar refractivity (Wildman–Crippen MR) is 97.1 cm³/mol. The first kappa shape index (κ1) is 16.8. The summed E-state index contributed by atoms with van der Waals surface area (Å²) in [6.07, 6.45) is 5.61. The van der Waals surface area contributed by atoms with Crippen molar-refractivity contribution in [1.82, 2.24) is 9.55 Å². The summed E-state index contributed by atoms with van der Waals surface area (Å²) in [4.78, 5) is 19.0. The number of rotatable bonds is 7. The van der Waals surface area contributed by atoms with E-state index in [1.807, 2.05) is 82.5 Å². The minimum Gasteiger partial charge on any atom is -0.467 e. The van der Waals surface area contributed by atoms with Crippen LogP contribution in [0.1, 0.15) is 5.56 Å². The molecule has 128 valence electrons. The van der Waals surface area contributed by atoms with Crippen molar-refractivity contribution < 1.29 is 9.53 Å². The molecule has 1 unspecified atom stereocenters. The van der Waals surface area contributed by atoms with Crippen LogP contribution in [-0.4, -0.2) is 28.7 Å². The molecule has 1 atom stereocenters. The Morgan fingerprint density at radius 1 is 1.08 bits per heavy atom. The fourth-order valence-corrected chi connectivity index (χ4v) is 2.78. The molecule has 0 spiro atoms. The Balaban J connectivity index is 1.95. The first-order valence-electron chi connectivity index (χ1n) is 8.18. The van der Waals surface area contributed by atoms with Gasteiger partial charge in [0.15, 0.2) is 0 Å². The highest BCUT2D eigenvalue weighted by atomic mass is 16.5. The van der Waals surface area contributed by atoms with Crippen LogP contribution in [0, 0.1) is 0 Å². The van der Waals surface area contributed by atoms with Crippen molar-refractivity contribution in [3.63, 3.8) is 0 Å². The number of pyridine rings is 1. The van der Waals surface area contributed by atoms with Gasteiger partial charge in [-0.05, 0) is 29.8 Å². The van der Waals surface area contributed by atoms with Crippen molar-refractivity contribution >= 4 is 11.8 Å². The average molecular weight is 335 g/mol. The van der Waals surface area contributed by atoms with E-state index in [0.717, 1.165) is 11.4 Å². The third kappa shape index (κ3) is 4.26. The summed E-state index contributed by atoms with van der Waals surface area (Å²) in [7, 11) is 1.42. The Morgan fingerprint density at radius 2 is 1.80 bits per heavy atom. The zero-order chi connectivity index (χ0) is 17.5. The van der Waals surface area contributed by atoms with Gasteiger partial charge >= 0.3 is 5.97 Å². The molecular formula is C20H21N3O2. The molecule has 0 bridgehead atoms. The summed E-state index contributed by atoms with van der Waals surface area (Å²) in [5.41, 5.74) is 1.11. The quantitative estimate of drug-likeness (QED) is 0.623. The topological polar surface area (TPSA) is 47.4 Å². The highest BCUT2D eigenvalue weighted by Gasteiger charge is 2.28. The molecule has 3 rings (SSSR count). The maximum Gasteiger partial charge on any atom is 0.330 e. The van der Waals surface area contributed by atoms with Crippen molar-refractivity contribution in [2.24, 2.45) is 0 Å². The van der Waals surface area contributed by atoms with E-state index in [1.165, 1.54) is 7.11 Å². The maximum atomic E-state index is 12.5. The van der Waals surface area contributed by atoms with E-state index in [2.05, 4.69) is 4.98 Å². The van der Waals surface area contributed by atoms with Gasteiger partial charge in [-0.2, -0.15) is 0 Å². The summed E-state index contributed by atoms with van der Waals surface area (Å²) in [6.45, 7) is 1.06. The van der Waals surface area contributed by atoms with Gasteiger partial charge in [0, 0.05) is 25.1 Å². The number of anilines is 1. The average Bonchev–Trinajstić information content (AvgIpc) is 3.19. The van der Waals surface area contributed by atoms with Gasteiger partial charge in [-0.25, -0.2) is 9.78 Å². The zero-order valence-corrected chi connectivity index (χ0v) is 14.2. The Kier molecular flexibility index (Phi) is 5.46. The van der Waals surface area contributed by atoms with Crippen molar-refractivity contribution in [3.05, 3.63) is 84.8 Å². The monoisotopic (exact) mass is 335 g/mol. The number of ether oxygens (including phenoxy) is 1. The van der Waals surface area contributed by atoms with Gasteiger partial charge in [-0.15, -0.1) is 0 Å². The highest BCUT2D eigenvalue weighted by molar-refractivity contribution is 5.79. The molecule has 2 heterocycles. The number of aromatic nitrogens is 2. The standard InChI is InChI=1S/C20H21N3O2/c1-25-20(24)18(16-22-13-7-8-14-22)23(19-11-5-6-12-21-19)15-17-9-3-2-4-10-17/h2-14,18H,15-16H2,1H3. The molecule has 0 saturated carbocycles. The molecule has 25 heavy (non-hydrogen) atoms. The first-order chi connectivity index (χ1) is 12.3. The van der Waals surface area contributed by atoms with Crippen LogP contribution in [0.25, 0.3) is 0 Å². The number of hydrogen-bond donors (Lipinski definition) is 0. The highest BCUT2D eigenvalue weighted by Crippen LogP contribution is 2.19. The second-order valence-electron chi connectivity index (χ2n) is 5.72. The van der Waals surface area contributed by atoms with E-state index in [0.29, 0.717) is 13.1 Å². The molecule has 3 aromatic rings.